The SMILES string of the molecule is CC(C)(C)OC(=O)Cc1ccc2c(c1)N(S(=O)(=O)c1cccc(C(F)(F)F)c1)C[C@H](CC(=O)NS(=O)(=O)c1cccc(F)c1)O2. The van der Waals surface area contributed by atoms with Crippen molar-refractivity contribution in [1.29, 1.82) is 0 Å². The van der Waals surface area contributed by atoms with E-state index in [0.29, 0.717) is 23.8 Å². The maximum absolute atomic E-state index is 13.8. The van der Waals surface area contributed by atoms with Crippen molar-refractivity contribution in [1.82, 2.24) is 4.72 Å². The molecule has 0 unspecified atom stereocenters. The van der Waals surface area contributed by atoms with Crippen molar-refractivity contribution in [3.63, 3.8) is 0 Å². The van der Waals surface area contributed by atoms with Gasteiger partial charge in [0.1, 0.15) is 23.3 Å². The van der Waals surface area contributed by atoms with Gasteiger partial charge >= 0.3 is 12.1 Å². The third-order valence-corrected chi connectivity index (χ3v) is 9.39. The van der Waals surface area contributed by atoms with Gasteiger partial charge in [-0.05, 0) is 74.9 Å². The lowest BCUT2D eigenvalue weighted by atomic mass is 10.1. The van der Waals surface area contributed by atoms with Crippen molar-refractivity contribution in [2.75, 3.05) is 10.8 Å². The predicted octanol–water partition coefficient (Wildman–Crippen LogP) is 4.58. The number of amides is 1. The number of sulfonamides is 2. The lowest BCUT2D eigenvalue weighted by molar-refractivity contribution is -0.154. The standard InChI is InChI=1S/C29H28F4N2O8S2/c1-28(2,3)43-27(37)13-18-10-11-25-24(12-18)35(45(40,41)23-9-4-6-19(14-23)29(31,32)33)17-21(42-25)16-26(36)34-44(38,39)22-8-5-7-20(30)15-22/h4-12,14-15,21H,13,16-17H2,1-3H3,(H,34,36)/t21-/m0/s1. The van der Waals surface area contributed by atoms with E-state index in [1.165, 1.54) is 18.2 Å². The van der Waals surface area contributed by atoms with Gasteiger partial charge in [-0.15, -0.1) is 0 Å². The van der Waals surface area contributed by atoms with E-state index in [0.717, 1.165) is 34.6 Å². The van der Waals surface area contributed by atoms with Crippen LogP contribution in [0.4, 0.5) is 23.2 Å². The molecule has 1 atom stereocenters. The number of alkyl halides is 3. The topological polar surface area (TPSA) is 136 Å². The third kappa shape index (κ3) is 8.30. The zero-order valence-corrected chi connectivity index (χ0v) is 25.7. The number of nitrogens with zero attached hydrogens (tertiary/aromatic N) is 1. The number of nitrogens with one attached hydrogen (secondary N) is 1. The number of hydrogen-bond donors (Lipinski definition) is 1. The van der Waals surface area contributed by atoms with E-state index in [1.54, 1.807) is 25.5 Å². The molecule has 16 heteroatoms. The zero-order chi connectivity index (χ0) is 33.4. The van der Waals surface area contributed by atoms with Gasteiger partial charge in [0, 0.05) is 0 Å². The summed E-state index contributed by atoms with van der Waals surface area (Å²) in [6.07, 6.45) is -7.13. The summed E-state index contributed by atoms with van der Waals surface area (Å²) in [5, 5.41) is 0. The maximum atomic E-state index is 13.8. The molecule has 1 amide bonds. The molecule has 1 aliphatic rings. The van der Waals surface area contributed by atoms with Gasteiger partial charge in [-0.3, -0.25) is 13.9 Å². The molecule has 1 aliphatic heterocycles. The highest BCUT2D eigenvalue weighted by molar-refractivity contribution is 7.92. The molecule has 0 bridgehead atoms. The number of carbonyl (C=O) groups excluding carboxylic acids is 2. The van der Waals surface area contributed by atoms with Crippen LogP contribution >= 0.6 is 0 Å². The highest BCUT2D eigenvalue weighted by Crippen LogP contribution is 2.39. The average molecular weight is 673 g/mol. The summed E-state index contributed by atoms with van der Waals surface area (Å²) in [6, 6.07) is 11.0. The lowest BCUT2D eigenvalue weighted by Gasteiger charge is -2.35. The number of halogens is 4. The zero-order valence-electron chi connectivity index (χ0n) is 24.1. The Balaban J connectivity index is 1.68. The number of benzene rings is 3. The average Bonchev–Trinajstić information content (AvgIpc) is 2.91. The molecule has 0 saturated heterocycles. The first-order valence-electron chi connectivity index (χ1n) is 13.3. The first-order valence-corrected chi connectivity index (χ1v) is 16.2. The Morgan fingerprint density at radius 3 is 2.27 bits per heavy atom. The summed E-state index contributed by atoms with van der Waals surface area (Å²) in [4.78, 5) is 24.0. The molecular formula is C29H28F4N2O8S2. The van der Waals surface area contributed by atoms with E-state index in [9.17, 15) is 44.0 Å². The van der Waals surface area contributed by atoms with Crippen molar-refractivity contribution in [2.45, 2.75) is 61.3 Å². The van der Waals surface area contributed by atoms with E-state index in [-0.39, 0.29) is 17.9 Å². The van der Waals surface area contributed by atoms with Crippen LogP contribution < -0.4 is 13.8 Å². The van der Waals surface area contributed by atoms with Gasteiger partial charge in [0.2, 0.25) is 5.91 Å². The first-order chi connectivity index (χ1) is 20.7. The third-order valence-electron chi connectivity index (χ3n) is 6.24. The van der Waals surface area contributed by atoms with Crippen LogP contribution in [0.25, 0.3) is 0 Å². The van der Waals surface area contributed by atoms with Gasteiger partial charge in [0.15, 0.2) is 0 Å². The number of fused-ring (bicyclic) bond motifs is 1. The molecular weight excluding hydrogens is 644 g/mol. The largest absolute Gasteiger partial charge is 0.486 e. The maximum Gasteiger partial charge on any atom is 0.416 e. The van der Waals surface area contributed by atoms with Crippen molar-refractivity contribution in [2.24, 2.45) is 0 Å². The molecule has 4 rings (SSSR count). The number of hydrogen-bond acceptors (Lipinski definition) is 8. The first kappa shape index (κ1) is 33.7. The molecule has 0 saturated carbocycles. The quantitative estimate of drug-likeness (QED) is 0.272. The minimum Gasteiger partial charge on any atom is -0.486 e. The summed E-state index contributed by atoms with van der Waals surface area (Å²) in [7, 11) is -9.24. The van der Waals surface area contributed by atoms with Crippen molar-refractivity contribution in [3.05, 3.63) is 83.7 Å². The molecule has 3 aromatic rings. The van der Waals surface area contributed by atoms with E-state index in [4.69, 9.17) is 9.47 Å². The van der Waals surface area contributed by atoms with Gasteiger partial charge in [-0.2, -0.15) is 13.2 Å². The van der Waals surface area contributed by atoms with Crippen LogP contribution in [0.2, 0.25) is 0 Å². The van der Waals surface area contributed by atoms with Crippen LogP contribution in [-0.4, -0.2) is 47.0 Å². The monoisotopic (exact) mass is 672 g/mol. The minimum absolute atomic E-state index is 0.101. The Morgan fingerprint density at radius 2 is 1.62 bits per heavy atom. The summed E-state index contributed by atoms with van der Waals surface area (Å²) in [6.45, 7) is 4.37. The summed E-state index contributed by atoms with van der Waals surface area (Å²) in [5.74, 6) is -2.71. The Hall–Kier alpha value is -4.18. The van der Waals surface area contributed by atoms with E-state index in [2.05, 4.69) is 0 Å². The number of ether oxygens (including phenoxy) is 2. The van der Waals surface area contributed by atoms with Crippen LogP contribution in [0, 0.1) is 5.82 Å². The van der Waals surface area contributed by atoms with Gasteiger partial charge < -0.3 is 9.47 Å². The highest BCUT2D eigenvalue weighted by Gasteiger charge is 2.38. The van der Waals surface area contributed by atoms with Crippen molar-refractivity contribution < 1.29 is 53.5 Å². The van der Waals surface area contributed by atoms with Crippen LogP contribution in [0.3, 0.4) is 0 Å². The van der Waals surface area contributed by atoms with Crippen molar-refractivity contribution >= 4 is 37.6 Å². The molecule has 1 N–H and O–H groups in total. The molecule has 242 valence electrons. The molecule has 0 aliphatic carbocycles. The summed E-state index contributed by atoms with van der Waals surface area (Å²) in [5.41, 5.74) is -1.84. The lowest BCUT2D eigenvalue weighted by Crippen LogP contribution is -2.46. The number of carbonyl (C=O) groups is 2. The van der Waals surface area contributed by atoms with Crippen LogP contribution in [0.5, 0.6) is 5.75 Å². The van der Waals surface area contributed by atoms with Crippen molar-refractivity contribution in [3.8, 4) is 5.75 Å². The number of esters is 1. The Morgan fingerprint density at radius 1 is 0.956 bits per heavy atom. The normalized spacial score (nSPS) is 15.5. The van der Waals surface area contributed by atoms with Gasteiger partial charge in [0.05, 0.1) is 40.4 Å². The molecule has 0 spiro atoms. The van der Waals surface area contributed by atoms with Gasteiger partial charge in [-0.1, -0.05) is 18.2 Å². The van der Waals surface area contributed by atoms with E-state index >= 15 is 0 Å². The molecule has 10 nitrogen and oxygen atoms in total. The Labute approximate surface area is 257 Å². The predicted molar refractivity (Wildman–Crippen MR) is 153 cm³/mol. The smallest absolute Gasteiger partial charge is 0.416 e. The van der Waals surface area contributed by atoms with Gasteiger partial charge in [0.25, 0.3) is 20.0 Å². The molecule has 0 aromatic heterocycles. The number of rotatable bonds is 8. The van der Waals surface area contributed by atoms with E-state index < -0.39 is 83.9 Å². The summed E-state index contributed by atoms with van der Waals surface area (Å²) < 4.78 is 120. The fourth-order valence-corrected chi connectivity index (χ4v) is 6.97. The fourth-order valence-electron chi connectivity index (χ4n) is 4.40. The second kappa shape index (κ2) is 12.3. The molecule has 3 aromatic carbocycles. The van der Waals surface area contributed by atoms with E-state index in [1.807, 2.05) is 0 Å². The second-order valence-corrected chi connectivity index (χ2v) is 14.6. The van der Waals surface area contributed by atoms with Gasteiger partial charge in [-0.25, -0.2) is 25.9 Å². The fraction of sp³-hybridized carbons (Fsp3) is 0.310. The number of anilines is 1. The Kier molecular flexibility index (Phi) is 9.22. The molecule has 45 heavy (non-hydrogen) atoms. The van der Waals surface area contributed by atoms with Crippen LogP contribution in [0.15, 0.2) is 76.5 Å². The molecule has 0 fully saturated rings. The highest BCUT2D eigenvalue weighted by atomic mass is 32.2. The Bertz CT molecular complexity index is 1840. The second-order valence-electron chi connectivity index (χ2n) is 11.1. The molecule has 1 heterocycles. The van der Waals surface area contributed by atoms with Crippen LogP contribution in [0.1, 0.15) is 38.3 Å². The minimum atomic E-state index is -4.84. The van der Waals surface area contributed by atoms with Crippen LogP contribution in [-0.2, 0) is 47.0 Å². The molecule has 0 radical (unpaired) electrons. The summed E-state index contributed by atoms with van der Waals surface area (Å²) >= 11 is 0.